The molecular formula is C27H29N3O4. The van der Waals surface area contributed by atoms with Crippen LogP contribution in [0.1, 0.15) is 28.8 Å². The Hall–Kier alpha value is -3.39. The molecule has 0 bridgehead atoms. The molecule has 3 aromatic rings. The second kappa shape index (κ2) is 9.85. The summed E-state index contributed by atoms with van der Waals surface area (Å²) < 4.78 is 11.4. The van der Waals surface area contributed by atoms with Crippen LogP contribution in [-0.2, 0) is 16.1 Å². The van der Waals surface area contributed by atoms with Crippen molar-refractivity contribution in [2.24, 2.45) is 5.92 Å². The molecule has 7 heteroatoms. The fourth-order valence-corrected chi connectivity index (χ4v) is 5.08. The molecule has 2 saturated heterocycles. The van der Waals surface area contributed by atoms with E-state index in [1.807, 2.05) is 71.6 Å². The Balaban J connectivity index is 1.47. The van der Waals surface area contributed by atoms with Gasteiger partial charge in [-0.25, -0.2) is 10.9 Å². The number of fused-ring (bicyclic) bond motifs is 1. The van der Waals surface area contributed by atoms with E-state index in [0.717, 1.165) is 22.4 Å². The van der Waals surface area contributed by atoms with E-state index >= 15 is 0 Å². The highest BCUT2D eigenvalue weighted by Gasteiger charge is 2.55. The van der Waals surface area contributed by atoms with Gasteiger partial charge in [-0.2, -0.15) is 0 Å². The van der Waals surface area contributed by atoms with Crippen LogP contribution in [0, 0.1) is 5.92 Å². The second-order valence-electron chi connectivity index (χ2n) is 8.70. The van der Waals surface area contributed by atoms with Crippen LogP contribution in [-0.4, -0.2) is 42.2 Å². The van der Waals surface area contributed by atoms with Crippen LogP contribution in [0.25, 0.3) is 0 Å². The van der Waals surface area contributed by atoms with Gasteiger partial charge in [-0.3, -0.25) is 4.79 Å². The molecule has 2 heterocycles. The lowest BCUT2D eigenvalue weighted by Gasteiger charge is -2.31. The molecule has 34 heavy (non-hydrogen) atoms. The quantitative estimate of drug-likeness (QED) is 0.479. The van der Waals surface area contributed by atoms with E-state index in [9.17, 15) is 9.90 Å². The van der Waals surface area contributed by atoms with Crippen LogP contribution >= 0.6 is 0 Å². The van der Waals surface area contributed by atoms with Crippen molar-refractivity contribution in [1.82, 2.24) is 15.8 Å². The molecule has 5 rings (SSSR count). The van der Waals surface area contributed by atoms with Crippen LogP contribution in [0.15, 0.2) is 78.9 Å². The van der Waals surface area contributed by atoms with Gasteiger partial charge >= 0.3 is 0 Å². The third-order valence-electron chi connectivity index (χ3n) is 6.67. The molecule has 0 aliphatic carbocycles. The lowest BCUT2D eigenvalue weighted by Crippen LogP contribution is -2.42. The summed E-state index contributed by atoms with van der Waals surface area (Å²) in [5.74, 6) is 0.862. The Labute approximate surface area is 199 Å². The number of para-hydroxylation sites is 1. The van der Waals surface area contributed by atoms with Gasteiger partial charge in [0.2, 0.25) is 5.91 Å². The van der Waals surface area contributed by atoms with Crippen molar-refractivity contribution in [1.29, 1.82) is 0 Å². The number of amides is 1. The van der Waals surface area contributed by atoms with Crippen molar-refractivity contribution >= 4 is 5.91 Å². The Morgan fingerprint density at radius 3 is 2.50 bits per heavy atom. The number of benzene rings is 3. The minimum Gasteiger partial charge on any atom is -0.508 e. The molecular weight excluding hydrogens is 430 g/mol. The number of phenols is 1. The molecule has 0 aromatic heterocycles. The highest BCUT2D eigenvalue weighted by atomic mass is 16.5. The summed E-state index contributed by atoms with van der Waals surface area (Å²) in [5, 5.41) is 10.5. The number of hydrogen-bond donors (Lipinski definition) is 3. The standard InChI is InChI=1S/C27H29N3O4/c1-33-15-14-30-26(19-10-7-11-20(16-19)34-17-18-8-3-2-4-9-18)23-24(28-29-25(23)27(30)32)21-12-5-6-13-22(21)31/h2-13,16,23-26,28-29,31H,14-15,17H2,1H3. The second-order valence-corrected chi connectivity index (χ2v) is 8.70. The number of ether oxygens (including phenoxy) is 2. The summed E-state index contributed by atoms with van der Waals surface area (Å²) in [5.41, 5.74) is 9.31. The monoisotopic (exact) mass is 459 g/mol. The molecule has 2 aliphatic heterocycles. The van der Waals surface area contributed by atoms with E-state index in [-0.39, 0.29) is 29.7 Å². The number of aromatic hydroxyl groups is 1. The van der Waals surface area contributed by atoms with E-state index in [0.29, 0.717) is 19.8 Å². The molecule has 2 aliphatic rings. The number of hydrogen-bond acceptors (Lipinski definition) is 6. The molecule has 176 valence electrons. The molecule has 2 fully saturated rings. The summed E-state index contributed by atoms with van der Waals surface area (Å²) in [6, 6.07) is 24.4. The van der Waals surface area contributed by atoms with Crippen LogP contribution in [0.5, 0.6) is 11.5 Å². The highest BCUT2D eigenvalue weighted by molar-refractivity contribution is 5.86. The zero-order valence-electron chi connectivity index (χ0n) is 19.1. The third-order valence-corrected chi connectivity index (χ3v) is 6.67. The average molecular weight is 460 g/mol. The van der Waals surface area contributed by atoms with E-state index in [2.05, 4.69) is 10.9 Å². The first-order valence-electron chi connectivity index (χ1n) is 11.5. The van der Waals surface area contributed by atoms with Crippen molar-refractivity contribution in [3.8, 4) is 11.5 Å². The number of likely N-dealkylation sites (tertiary alicyclic amines) is 1. The molecule has 4 unspecified atom stereocenters. The average Bonchev–Trinajstić information content (AvgIpc) is 3.41. The van der Waals surface area contributed by atoms with E-state index in [1.165, 1.54) is 0 Å². The molecule has 0 saturated carbocycles. The molecule has 1 amide bonds. The van der Waals surface area contributed by atoms with Gasteiger partial charge in [-0.1, -0.05) is 60.7 Å². The number of rotatable bonds is 8. The minimum absolute atomic E-state index is 0.0214. The Morgan fingerprint density at radius 1 is 0.941 bits per heavy atom. The lowest BCUT2D eigenvalue weighted by atomic mass is 9.83. The number of nitrogens with zero attached hydrogens (tertiary/aromatic N) is 1. The van der Waals surface area contributed by atoms with Crippen molar-refractivity contribution in [3.63, 3.8) is 0 Å². The van der Waals surface area contributed by atoms with Crippen LogP contribution in [0.2, 0.25) is 0 Å². The van der Waals surface area contributed by atoms with E-state index in [4.69, 9.17) is 9.47 Å². The van der Waals surface area contributed by atoms with Crippen LogP contribution < -0.4 is 15.6 Å². The normalized spacial score (nSPS) is 23.8. The number of carbonyl (C=O) groups is 1. The van der Waals surface area contributed by atoms with Gasteiger partial charge in [0.25, 0.3) is 0 Å². The fraction of sp³-hybridized carbons (Fsp3) is 0.296. The minimum atomic E-state index is -0.402. The lowest BCUT2D eigenvalue weighted by molar-refractivity contribution is -0.131. The predicted molar refractivity (Wildman–Crippen MR) is 128 cm³/mol. The zero-order chi connectivity index (χ0) is 23.5. The number of nitrogens with one attached hydrogen (secondary N) is 2. The Morgan fingerprint density at radius 2 is 1.71 bits per heavy atom. The SMILES string of the molecule is COCCN1C(=O)C2NNC(c3ccccc3O)C2C1c1cccc(OCc2ccccc2)c1. The summed E-state index contributed by atoms with van der Waals surface area (Å²) in [6.45, 7) is 1.40. The van der Waals surface area contributed by atoms with E-state index < -0.39 is 6.04 Å². The maximum absolute atomic E-state index is 13.4. The van der Waals surface area contributed by atoms with Gasteiger partial charge in [0.15, 0.2) is 0 Å². The topological polar surface area (TPSA) is 83.1 Å². The summed E-state index contributed by atoms with van der Waals surface area (Å²) in [4.78, 5) is 15.3. The Bertz CT molecular complexity index is 1140. The highest BCUT2D eigenvalue weighted by Crippen LogP contribution is 2.48. The molecule has 0 radical (unpaired) electrons. The number of phenolic OH excluding ortho intramolecular Hbond substituents is 1. The maximum atomic E-state index is 13.4. The number of hydrazine groups is 1. The Kier molecular flexibility index (Phi) is 6.49. The summed E-state index contributed by atoms with van der Waals surface area (Å²) in [7, 11) is 1.64. The van der Waals surface area contributed by atoms with Gasteiger partial charge in [-0.05, 0) is 29.3 Å². The maximum Gasteiger partial charge on any atom is 0.242 e. The molecule has 3 aromatic carbocycles. The predicted octanol–water partition coefficient (Wildman–Crippen LogP) is 3.33. The summed E-state index contributed by atoms with van der Waals surface area (Å²) >= 11 is 0. The van der Waals surface area contributed by atoms with Crippen molar-refractivity contribution in [2.75, 3.05) is 20.3 Å². The van der Waals surface area contributed by atoms with Crippen LogP contribution in [0.4, 0.5) is 0 Å². The van der Waals surface area contributed by atoms with Gasteiger partial charge < -0.3 is 19.5 Å². The third kappa shape index (κ3) is 4.25. The van der Waals surface area contributed by atoms with Crippen molar-refractivity contribution < 1.29 is 19.4 Å². The van der Waals surface area contributed by atoms with Gasteiger partial charge in [0, 0.05) is 25.1 Å². The summed E-state index contributed by atoms with van der Waals surface area (Å²) in [6.07, 6.45) is 0. The van der Waals surface area contributed by atoms with Crippen LogP contribution in [0.3, 0.4) is 0 Å². The van der Waals surface area contributed by atoms with Gasteiger partial charge in [-0.15, -0.1) is 0 Å². The smallest absolute Gasteiger partial charge is 0.242 e. The fourth-order valence-electron chi connectivity index (χ4n) is 5.08. The first kappa shape index (κ1) is 22.4. The van der Waals surface area contributed by atoms with Crippen molar-refractivity contribution in [2.45, 2.75) is 24.7 Å². The molecule has 0 spiro atoms. The van der Waals surface area contributed by atoms with E-state index in [1.54, 1.807) is 19.2 Å². The first-order chi connectivity index (χ1) is 16.7. The molecule has 4 atom stereocenters. The number of methoxy groups -OCH3 is 1. The molecule has 7 nitrogen and oxygen atoms in total. The largest absolute Gasteiger partial charge is 0.508 e. The van der Waals surface area contributed by atoms with Gasteiger partial charge in [0.05, 0.1) is 18.7 Å². The van der Waals surface area contributed by atoms with Gasteiger partial charge in [0.1, 0.15) is 24.1 Å². The van der Waals surface area contributed by atoms with Crippen molar-refractivity contribution in [3.05, 3.63) is 95.6 Å². The first-order valence-corrected chi connectivity index (χ1v) is 11.5. The molecule has 3 N–H and O–H groups in total. The zero-order valence-corrected chi connectivity index (χ0v) is 19.1. The number of carbonyl (C=O) groups excluding carboxylic acids is 1.